The summed E-state index contributed by atoms with van der Waals surface area (Å²) < 4.78 is 55.9. The normalized spacial score (nSPS) is 12.6. The first-order valence-corrected chi connectivity index (χ1v) is 11.7. The van der Waals surface area contributed by atoms with Gasteiger partial charge in [0.15, 0.2) is 0 Å². The second kappa shape index (κ2) is 10.8. The maximum Gasteiger partial charge on any atom is 0.341 e. The van der Waals surface area contributed by atoms with Crippen molar-refractivity contribution in [3.05, 3.63) is 89.5 Å². The number of carbonyl (C=O) groups is 2. The van der Waals surface area contributed by atoms with Gasteiger partial charge in [-0.2, -0.15) is 4.99 Å². The van der Waals surface area contributed by atoms with Gasteiger partial charge in [-0.05, 0) is 53.6 Å². The Hall–Kier alpha value is -4.52. The van der Waals surface area contributed by atoms with Crippen LogP contribution in [0.4, 0.5) is 25.0 Å². The molecule has 10 nitrogen and oxygen atoms in total. The number of halogens is 2. The molecule has 0 aliphatic heterocycles. The van der Waals surface area contributed by atoms with Gasteiger partial charge in [-0.25, -0.2) is 22.0 Å². The molecule has 0 aromatic heterocycles. The van der Waals surface area contributed by atoms with E-state index in [-0.39, 0.29) is 27.8 Å². The molecule has 13 heteroatoms. The van der Waals surface area contributed by atoms with Gasteiger partial charge in [0.05, 0.1) is 11.3 Å². The van der Waals surface area contributed by atoms with Crippen LogP contribution >= 0.6 is 0 Å². The smallest absolute Gasteiger partial charge is 0.341 e. The van der Waals surface area contributed by atoms with Crippen molar-refractivity contribution in [1.82, 2.24) is 0 Å². The summed E-state index contributed by atoms with van der Waals surface area (Å²) in [4.78, 5) is 25.4. The number of hydrogen-bond acceptors (Lipinski definition) is 4. The van der Waals surface area contributed by atoms with E-state index < -0.39 is 46.0 Å². The van der Waals surface area contributed by atoms with Crippen molar-refractivity contribution in [3.63, 3.8) is 0 Å². The number of carbonyl (C=O) groups excluding carboxylic acids is 1. The number of anilines is 2. The van der Waals surface area contributed by atoms with E-state index in [1.54, 1.807) is 0 Å². The number of guanidine groups is 1. The van der Waals surface area contributed by atoms with Gasteiger partial charge in [-0.1, -0.05) is 18.2 Å². The van der Waals surface area contributed by atoms with Gasteiger partial charge < -0.3 is 21.9 Å². The second-order valence-electron chi connectivity index (χ2n) is 7.57. The predicted octanol–water partition coefficient (Wildman–Crippen LogP) is 3.18. The Morgan fingerprint density at radius 2 is 1.56 bits per heavy atom. The van der Waals surface area contributed by atoms with Crippen LogP contribution in [0.5, 0.6) is 0 Å². The van der Waals surface area contributed by atoms with Gasteiger partial charge >= 0.3 is 12.0 Å². The molecule has 188 valence electrons. The Balaban J connectivity index is 1.91. The van der Waals surface area contributed by atoms with Gasteiger partial charge in [0.1, 0.15) is 11.6 Å². The lowest BCUT2D eigenvalue weighted by atomic mass is 9.88. The topological polar surface area (TPSA) is 177 Å². The number of amides is 2. The van der Waals surface area contributed by atoms with Gasteiger partial charge in [0, 0.05) is 23.4 Å². The average Bonchev–Trinajstić information content (AvgIpc) is 2.76. The van der Waals surface area contributed by atoms with E-state index in [0.717, 1.165) is 12.1 Å². The first-order chi connectivity index (χ1) is 16.9. The predicted molar refractivity (Wildman–Crippen MR) is 129 cm³/mol. The summed E-state index contributed by atoms with van der Waals surface area (Å²) in [5.41, 5.74) is 11.2. The molecule has 0 bridgehead atoms. The fourth-order valence-corrected chi connectivity index (χ4v) is 4.54. The molecule has 0 fully saturated rings. The highest BCUT2D eigenvalue weighted by atomic mass is 32.2. The molecule has 36 heavy (non-hydrogen) atoms. The number of nitrogens with zero attached hydrogens (tertiary/aromatic N) is 1. The Morgan fingerprint density at radius 3 is 2.19 bits per heavy atom. The summed E-state index contributed by atoms with van der Waals surface area (Å²) in [6, 6.07) is 13.0. The lowest BCUT2D eigenvalue weighted by molar-refractivity contribution is -0.137. The Morgan fingerprint density at radius 1 is 0.917 bits per heavy atom. The highest BCUT2D eigenvalue weighted by Gasteiger charge is 2.21. The number of nitrogens with one attached hydrogen (secondary N) is 2. The largest absolute Gasteiger partial charge is 0.481 e. The highest BCUT2D eigenvalue weighted by molar-refractivity contribution is 7.92. The minimum absolute atomic E-state index is 0.0869. The number of aliphatic imine (C=N–C) groups is 1. The van der Waals surface area contributed by atoms with E-state index >= 15 is 0 Å². The third-order valence-electron chi connectivity index (χ3n) is 4.85. The first kappa shape index (κ1) is 26.1. The third kappa shape index (κ3) is 6.99. The molecule has 3 aromatic rings. The molecule has 3 aromatic carbocycles. The second-order valence-corrected chi connectivity index (χ2v) is 9.25. The molecule has 0 radical (unpaired) electrons. The van der Waals surface area contributed by atoms with E-state index in [1.165, 1.54) is 48.5 Å². The van der Waals surface area contributed by atoms with Gasteiger partial charge in [-0.15, -0.1) is 0 Å². The van der Waals surface area contributed by atoms with Crippen LogP contribution < -0.4 is 21.5 Å². The molecule has 1 atom stereocenters. The van der Waals surface area contributed by atoms with Crippen LogP contribution in [-0.4, -0.2) is 31.5 Å². The molecule has 1 unspecified atom stereocenters. The molecule has 0 aliphatic rings. The quantitative estimate of drug-likeness (QED) is 0.225. The molecule has 7 N–H and O–H groups in total. The summed E-state index contributed by atoms with van der Waals surface area (Å²) >= 11 is 0. The molecule has 0 saturated heterocycles. The minimum atomic E-state index is -4.14. The van der Waals surface area contributed by atoms with Crippen LogP contribution in [0.3, 0.4) is 0 Å². The van der Waals surface area contributed by atoms with E-state index in [4.69, 9.17) is 11.5 Å². The third-order valence-corrected chi connectivity index (χ3v) is 6.23. The maximum atomic E-state index is 13.8. The molecular weight excluding hydrogens is 496 g/mol. The number of nitrogens with two attached hydrogens (primary N) is 2. The Bertz CT molecular complexity index is 1430. The monoisotopic (exact) mass is 517 g/mol. The molecule has 3 rings (SSSR count). The number of aliphatic carboxylic acids is 1. The number of carboxylic acids is 1. The van der Waals surface area contributed by atoms with Crippen molar-refractivity contribution in [2.75, 3.05) is 10.0 Å². The number of benzene rings is 3. The lowest BCUT2D eigenvalue weighted by Gasteiger charge is -2.18. The average molecular weight is 518 g/mol. The van der Waals surface area contributed by atoms with Crippen LogP contribution in [0, 0.1) is 11.6 Å². The Labute approximate surface area is 204 Å². The number of carboxylic acid groups (broad SMARTS) is 1. The maximum absolute atomic E-state index is 13.8. The van der Waals surface area contributed by atoms with Crippen molar-refractivity contribution >= 4 is 39.4 Å². The van der Waals surface area contributed by atoms with Crippen molar-refractivity contribution < 1.29 is 31.9 Å². The summed E-state index contributed by atoms with van der Waals surface area (Å²) in [6.07, 6.45) is -0.485. The van der Waals surface area contributed by atoms with E-state index in [9.17, 15) is 31.9 Å². The minimum Gasteiger partial charge on any atom is -0.481 e. The fraction of sp³-hybridized carbons (Fsp3) is 0.0870. The highest BCUT2D eigenvalue weighted by Crippen LogP contribution is 2.31. The summed E-state index contributed by atoms with van der Waals surface area (Å²) in [7, 11) is -4.14. The number of primary amides is 1. The van der Waals surface area contributed by atoms with Gasteiger partial charge in [0.25, 0.3) is 10.0 Å². The lowest BCUT2D eigenvalue weighted by Crippen LogP contribution is -2.25. The van der Waals surface area contributed by atoms with E-state index in [0.29, 0.717) is 11.6 Å². The van der Waals surface area contributed by atoms with Crippen LogP contribution in [0.15, 0.2) is 76.6 Å². The van der Waals surface area contributed by atoms with Crippen LogP contribution in [0.25, 0.3) is 0 Å². The van der Waals surface area contributed by atoms with Crippen molar-refractivity contribution in [2.45, 2.75) is 17.2 Å². The van der Waals surface area contributed by atoms with Crippen LogP contribution in [-0.2, 0) is 14.8 Å². The summed E-state index contributed by atoms with van der Waals surface area (Å²) in [5.74, 6) is -4.23. The zero-order chi connectivity index (χ0) is 26.5. The standard InChI is InChI=1S/C23H21F2N5O5S/c24-15-7-14(8-16(25)10-15)20(12-21(31)32)13-3-1-5-18(9-13)30-36(34,35)19-6-2-4-17(11-19)28-22(26)29-23(27)33/h1-11,20,30H,12H2,(H,31,32)(H5,26,27,28,29,33). The van der Waals surface area contributed by atoms with Crippen molar-refractivity contribution in [3.8, 4) is 0 Å². The molecule has 0 heterocycles. The van der Waals surface area contributed by atoms with Crippen LogP contribution in [0.2, 0.25) is 0 Å². The van der Waals surface area contributed by atoms with E-state index in [2.05, 4.69) is 15.0 Å². The van der Waals surface area contributed by atoms with Gasteiger partial charge in [0.2, 0.25) is 5.96 Å². The zero-order valence-corrected chi connectivity index (χ0v) is 19.3. The van der Waals surface area contributed by atoms with Crippen LogP contribution in [0.1, 0.15) is 23.5 Å². The molecule has 2 amide bonds. The number of urea groups is 1. The molecule has 0 aliphatic carbocycles. The van der Waals surface area contributed by atoms with E-state index in [1.807, 2.05) is 0 Å². The number of rotatable bonds is 8. The molecule has 0 saturated carbocycles. The molecular formula is C23H21F2N5O5S. The van der Waals surface area contributed by atoms with Gasteiger partial charge in [-0.3, -0.25) is 9.52 Å². The summed E-state index contributed by atoms with van der Waals surface area (Å²) in [6.45, 7) is 0. The SMILES string of the molecule is NC(=O)/N=C(/N)Nc1cccc(S(=O)(=O)Nc2cccc(C(CC(=O)O)c3cc(F)cc(F)c3)c2)c1. The van der Waals surface area contributed by atoms with Crippen molar-refractivity contribution in [1.29, 1.82) is 0 Å². The number of sulfonamides is 1. The molecule has 0 spiro atoms. The fourth-order valence-electron chi connectivity index (χ4n) is 3.45. The first-order valence-electron chi connectivity index (χ1n) is 10.2. The number of hydrogen-bond donors (Lipinski definition) is 5. The summed E-state index contributed by atoms with van der Waals surface area (Å²) in [5, 5.41) is 11.9. The van der Waals surface area contributed by atoms with Crippen molar-refractivity contribution in [2.24, 2.45) is 16.5 Å². The Kier molecular flexibility index (Phi) is 7.84. The zero-order valence-electron chi connectivity index (χ0n) is 18.5.